The molecule has 60 valence electrons. The smallest absolute Gasteiger partial charge is 0.221 e. The summed E-state index contributed by atoms with van der Waals surface area (Å²) in [7, 11) is 5.31. The lowest BCUT2D eigenvalue weighted by Gasteiger charge is -2.03. The van der Waals surface area contributed by atoms with Crippen LogP contribution in [0, 0.1) is 5.82 Å². The number of anilines is 1. The Bertz CT molecular complexity index is 314. The summed E-state index contributed by atoms with van der Waals surface area (Å²) in [6.45, 7) is 1.32. The van der Waals surface area contributed by atoms with E-state index >= 15 is 0 Å². The van der Waals surface area contributed by atoms with Crippen LogP contribution in [0.2, 0.25) is 0 Å². The number of benzene rings is 1. The first-order valence-electron chi connectivity index (χ1n) is 3.42. The van der Waals surface area contributed by atoms with Crippen molar-refractivity contribution in [2.24, 2.45) is 0 Å². The standard InChI is InChI=1S/C8H7BFNO/c1-5(12)11-8-3-2-6(9)4-7(8)10/h2-4H,1H3,(H,11,12). The van der Waals surface area contributed by atoms with Crippen molar-refractivity contribution in [1.82, 2.24) is 0 Å². The molecule has 1 amide bonds. The van der Waals surface area contributed by atoms with Gasteiger partial charge in [0.15, 0.2) is 0 Å². The molecule has 0 saturated heterocycles. The largest absolute Gasteiger partial charge is 0.324 e. The first-order chi connectivity index (χ1) is 5.59. The van der Waals surface area contributed by atoms with E-state index in [2.05, 4.69) is 5.32 Å². The summed E-state index contributed by atoms with van der Waals surface area (Å²) in [5.41, 5.74) is 0.485. The minimum atomic E-state index is -0.523. The molecule has 0 aliphatic rings. The molecule has 0 aromatic heterocycles. The lowest BCUT2D eigenvalue weighted by molar-refractivity contribution is -0.114. The minimum absolute atomic E-state index is 0.150. The van der Waals surface area contributed by atoms with Crippen LogP contribution in [0.3, 0.4) is 0 Å². The van der Waals surface area contributed by atoms with E-state index in [1.54, 1.807) is 0 Å². The van der Waals surface area contributed by atoms with Crippen LogP contribution in [0.5, 0.6) is 0 Å². The molecule has 0 aliphatic heterocycles. The molecule has 12 heavy (non-hydrogen) atoms. The van der Waals surface area contributed by atoms with Crippen molar-refractivity contribution >= 4 is 24.9 Å². The van der Waals surface area contributed by atoms with Gasteiger partial charge in [0, 0.05) is 6.92 Å². The van der Waals surface area contributed by atoms with Gasteiger partial charge in [-0.05, 0) is 12.1 Å². The number of amides is 1. The zero-order valence-corrected chi connectivity index (χ0v) is 6.60. The zero-order valence-electron chi connectivity index (χ0n) is 6.60. The van der Waals surface area contributed by atoms with Crippen LogP contribution in [0.1, 0.15) is 6.92 Å². The van der Waals surface area contributed by atoms with Crippen molar-refractivity contribution in [3.8, 4) is 0 Å². The highest BCUT2D eigenvalue weighted by Crippen LogP contribution is 2.10. The highest BCUT2D eigenvalue weighted by Gasteiger charge is 2.01. The molecule has 4 heteroatoms. The summed E-state index contributed by atoms with van der Waals surface area (Å²) in [4.78, 5) is 10.5. The van der Waals surface area contributed by atoms with E-state index in [4.69, 9.17) is 7.85 Å². The molecule has 0 heterocycles. The van der Waals surface area contributed by atoms with Crippen molar-refractivity contribution < 1.29 is 9.18 Å². The van der Waals surface area contributed by atoms with E-state index in [1.807, 2.05) is 0 Å². The normalized spacial score (nSPS) is 9.50. The molecule has 1 aromatic rings. The number of nitrogens with one attached hydrogen (secondary N) is 1. The molecule has 1 rings (SSSR count). The molecule has 0 spiro atoms. The molecule has 0 saturated carbocycles. The average molecular weight is 163 g/mol. The van der Waals surface area contributed by atoms with Gasteiger partial charge in [-0.3, -0.25) is 4.79 Å². The maximum atomic E-state index is 12.9. The van der Waals surface area contributed by atoms with E-state index in [0.717, 1.165) is 6.07 Å². The van der Waals surface area contributed by atoms with Crippen LogP contribution in [0.15, 0.2) is 18.2 Å². The van der Waals surface area contributed by atoms with Gasteiger partial charge >= 0.3 is 0 Å². The van der Waals surface area contributed by atoms with E-state index in [0.29, 0.717) is 5.46 Å². The number of hydrogen-bond donors (Lipinski definition) is 1. The number of carbonyl (C=O) groups is 1. The SMILES string of the molecule is [B]c1ccc(NC(C)=O)c(F)c1. The Morgan fingerprint density at radius 2 is 2.25 bits per heavy atom. The Hall–Kier alpha value is -1.32. The molecule has 1 N–H and O–H groups in total. The molecule has 0 bridgehead atoms. The van der Waals surface area contributed by atoms with E-state index < -0.39 is 5.82 Å². The number of halogens is 1. The second-order valence-electron chi connectivity index (χ2n) is 2.42. The van der Waals surface area contributed by atoms with E-state index in [9.17, 15) is 9.18 Å². The van der Waals surface area contributed by atoms with Gasteiger partial charge in [-0.2, -0.15) is 0 Å². The second-order valence-corrected chi connectivity index (χ2v) is 2.42. The summed E-state index contributed by atoms with van der Waals surface area (Å²) in [6.07, 6.45) is 0. The van der Waals surface area contributed by atoms with Gasteiger partial charge in [-0.1, -0.05) is 11.5 Å². The molecule has 0 atom stereocenters. The Labute approximate surface area is 71.2 Å². The van der Waals surface area contributed by atoms with Crippen LogP contribution in [0.25, 0.3) is 0 Å². The van der Waals surface area contributed by atoms with Gasteiger partial charge in [0.1, 0.15) is 13.7 Å². The quantitative estimate of drug-likeness (QED) is 0.602. The molecule has 0 aliphatic carbocycles. The summed E-state index contributed by atoms with van der Waals surface area (Å²) in [6, 6.07) is 4.10. The highest BCUT2D eigenvalue weighted by atomic mass is 19.1. The zero-order chi connectivity index (χ0) is 9.14. The number of hydrogen-bond acceptors (Lipinski definition) is 1. The fourth-order valence-electron chi connectivity index (χ4n) is 0.822. The summed E-state index contributed by atoms with van der Waals surface area (Å²) < 4.78 is 12.9. The van der Waals surface area contributed by atoms with Crippen molar-refractivity contribution in [3.63, 3.8) is 0 Å². The Kier molecular flexibility index (Phi) is 2.48. The van der Waals surface area contributed by atoms with Gasteiger partial charge in [0.05, 0.1) is 5.69 Å². The molecular formula is C8H7BFNO. The van der Waals surface area contributed by atoms with Crippen molar-refractivity contribution in [2.75, 3.05) is 5.32 Å². The average Bonchev–Trinajstić information content (AvgIpc) is 1.94. The van der Waals surface area contributed by atoms with Gasteiger partial charge in [-0.25, -0.2) is 4.39 Å². The third kappa shape index (κ3) is 2.08. The lowest BCUT2D eigenvalue weighted by Crippen LogP contribution is -2.10. The summed E-state index contributed by atoms with van der Waals surface area (Å²) in [5.74, 6) is -0.830. The molecule has 1 aromatic carbocycles. The minimum Gasteiger partial charge on any atom is -0.324 e. The van der Waals surface area contributed by atoms with Crippen LogP contribution < -0.4 is 10.8 Å². The van der Waals surface area contributed by atoms with Gasteiger partial charge in [0.25, 0.3) is 0 Å². The van der Waals surface area contributed by atoms with Gasteiger partial charge in [-0.15, -0.1) is 0 Å². The first-order valence-corrected chi connectivity index (χ1v) is 3.42. The molecule has 2 radical (unpaired) electrons. The fourth-order valence-corrected chi connectivity index (χ4v) is 0.822. The Morgan fingerprint density at radius 3 is 2.75 bits per heavy atom. The predicted octanol–water partition coefficient (Wildman–Crippen LogP) is 0.578. The number of rotatable bonds is 1. The lowest BCUT2D eigenvalue weighted by atomic mass is 9.96. The molecule has 0 unspecified atom stereocenters. The molecular weight excluding hydrogens is 156 g/mol. The van der Waals surface area contributed by atoms with E-state index in [-0.39, 0.29) is 11.6 Å². The first kappa shape index (κ1) is 8.78. The third-order valence-corrected chi connectivity index (χ3v) is 1.30. The third-order valence-electron chi connectivity index (χ3n) is 1.30. The Morgan fingerprint density at radius 1 is 1.58 bits per heavy atom. The van der Waals surface area contributed by atoms with Crippen LogP contribution in [0.4, 0.5) is 10.1 Å². The highest BCUT2D eigenvalue weighted by molar-refractivity contribution is 6.32. The monoisotopic (exact) mass is 163 g/mol. The molecule has 0 fully saturated rings. The van der Waals surface area contributed by atoms with Crippen LogP contribution >= 0.6 is 0 Å². The van der Waals surface area contributed by atoms with E-state index in [1.165, 1.54) is 19.1 Å². The Balaban J connectivity index is 2.93. The topological polar surface area (TPSA) is 29.1 Å². The fraction of sp³-hybridized carbons (Fsp3) is 0.125. The van der Waals surface area contributed by atoms with Crippen molar-refractivity contribution in [2.45, 2.75) is 6.92 Å². The van der Waals surface area contributed by atoms with Crippen LogP contribution in [-0.4, -0.2) is 13.8 Å². The van der Waals surface area contributed by atoms with Crippen LogP contribution in [-0.2, 0) is 4.79 Å². The number of carbonyl (C=O) groups excluding carboxylic acids is 1. The van der Waals surface area contributed by atoms with Crippen molar-refractivity contribution in [3.05, 3.63) is 24.0 Å². The van der Waals surface area contributed by atoms with Gasteiger partial charge in [0.2, 0.25) is 5.91 Å². The van der Waals surface area contributed by atoms with Crippen molar-refractivity contribution in [1.29, 1.82) is 0 Å². The molecule has 2 nitrogen and oxygen atoms in total. The summed E-state index contributed by atoms with van der Waals surface area (Å²) >= 11 is 0. The summed E-state index contributed by atoms with van der Waals surface area (Å²) in [5, 5.41) is 2.33. The van der Waals surface area contributed by atoms with Gasteiger partial charge < -0.3 is 5.32 Å². The second kappa shape index (κ2) is 3.39. The maximum absolute atomic E-state index is 12.9. The maximum Gasteiger partial charge on any atom is 0.221 e. The predicted molar refractivity (Wildman–Crippen MR) is 46.1 cm³/mol.